The quantitative estimate of drug-likeness (QED) is 0.568. The van der Waals surface area contributed by atoms with Crippen molar-refractivity contribution in [1.29, 1.82) is 0 Å². The van der Waals surface area contributed by atoms with Crippen molar-refractivity contribution in [3.05, 3.63) is 71.4 Å². The van der Waals surface area contributed by atoms with Crippen molar-refractivity contribution in [1.82, 2.24) is 10.1 Å². The lowest BCUT2D eigenvalue weighted by molar-refractivity contribution is -0.119. The summed E-state index contributed by atoms with van der Waals surface area (Å²) in [5.74, 6) is 1.86. The Balaban J connectivity index is 1.56. The molecule has 0 spiro atoms. The minimum Gasteiger partial charge on any atom is -0.496 e. The number of fused-ring (bicyclic) bond motifs is 1. The first-order chi connectivity index (χ1) is 14.7. The Morgan fingerprint density at radius 3 is 2.77 bits per heavy atom. The second kappa shape index (κ2) is 9.09. The number of methoxy groups -OCH3 is 2. The van der Waals surface area contributed by atoms with Gasteiger partial charge in [-0.25, -0.2) is 0 Å². The van der Waals surface area contributed by atoms with Crippen molar-refractivity contribution in [2.24, 2.45) is 0 Å². The van der Waals surface area contributed by atoms with Gasteiger partial charge < -0.3 is 14.0 Å². The van der Waals surface area contributed by atoms with Crippen LogP contribution in [0.1, 0.15) is 35.3 Å². The van der Waals surface area contributed by atoms with Crippen molar-refractivity contribution in [3.8, 4) is 5.75 Å². The fraction of sp³-hybridized carbons (Fsp3) is 0.348. The summed E-state index contributed by atoms with van der Waals surface area (Å²) in [4.78, 5) is 19.6. The Morgan fingerprint density at radius 1 is 1.13 bits per heavy atom. The fourth-order valence-electron chi connectivity index (χ4n) is 3.86. The third-order valence-corrected chi connectivity index (χ3v) is 5.34. The summed E-state index contributed by atoms with van der Waals surface area (Å²) in [6, 6.07) is 15.4. The molecular formula is C23H25N3O4. The van der Waals surface area contributed by atoms with Crippen LogP contribution in [-0.2, 0) is 28.8 Å². The summed E-state index contributed by atoms with van der Waals surface area (Å²) < 4.78 is 16.0. The number of amides is 1. The van der Waals surface area contributed by atoms with Gasteiger partial charge >= 0.3 is 0 Å². The fourth-order valence-corrected chi connectivity index (χ4v) is 3.86. The first kappa shape index (κ1) is 20.1. The summed E-state index contributed by atoms with van der Waals surface area (Å²) >= 11 is 0. The number of hydrogen-bond acceptors (Lipinski definition) is 6. The van der Waals surface area contributed by atoms with E-state index in [9.17, 15) is 4.79 Å². The molecule has 30 heavy (non-hydrogen) atoms. The number of rotatable bonds is 8. The third-order valence-electron chi connectivity index (χ3n) is 5.34. The van der Waals surface area contributed by atoms with E-state index in [1.807, 2.05) is 48.5 Å². The predicted molar refractivity (Wildman–Crippen MR) is 112 cm³/mol. The van der Waals surface area contributed by atoms with E-state index in [1.54, 1.807) is 19.1 Å². The zero-order valence-corrected chi connectivity index (χ0v) is 17.2. The number of anilines is 1. The number of aryl methyl sites for hydroxylation is 1. The Hall–Kier alpha value is -3.19. The van der Waals surface area contributed by atoms with E-state index in [4.69, 9.17) is 14.0 Å². The lowest BCUT2D eigenvalue weighted by Crippen LogP contribution is -2.32. The maximum absolute atomic E-state index is 13.3. The van der Waals surface area contributed by atoms with Gasteiger partial charge in [0.05, 0.1) is 13.7 Å². The molecule has 2 heterocycles. The van der Waals surface area contributed by atoms with Crippen LogP contribution in [0.2, 0.25) is 0 Å². The largest absolute Gasteiger partial charge is 0.496 e. The highest BCUT2D eigenvalue weighted by Crippen LogP contribution is 2.40. The summed E-state index contributed by atoms with van der Waals surface area (Å²) in [6.07, 6.45) is 2.18. The molecule has 0 fully saturated rings. The minimum absolute atomic E-state index is 0.0208. The van der Waals surface area contributed by atoms with Crippen LogP contribution in [0.4, 0.5) is 5.69 Å². The Morgan fingerprint density at radius 2 is 1.93 bits per heavy atom. The summed E-state index contributed by atoms with van der Waals surface area (Å²) in [5.41, 5.74) is 3.02. The molecule has 0 N–H and O–H groups in total. The average molecular weight is 407 g/mol. The van der Waals surface area contributed by atoms with Gasteiger partial charge in [0.2, 0.25) is 11.8 Å². The number of nitrogens with zero attached hydrogens (tertiary/aromatic N) is 3. The molecule has 0 radical (unpaired) electrons. The highest BCUT2D eigenvalue weighted by Gasteiger charge is 2.37. The van der Waals surface area contributed by atoms with E-state index in [1.165, 1.54) is 0 Å². The van der Waals surface area contributed by atoms with Crippen LogP contribution in [0, 0.1) is 0 Å². The van der Waals surface area contributed by atoms with Crippen LogP contribution in [-0.4, -0.2) is 36.9 Å². The average Bonchev–Trinajstić information content (AvgIpc) is 3.40. The maximum atomic E-state index is 13.3. The zero-order chi connectivity index (χ0) is 20.9. The summed E-state index contributed by atoms with van der Waals surface area (Å²) in [7, 11) is 3.28. The smallest absolute Gasteiger partial charge is 0.250 e. The van der Waals surface area contributed by atoms with Crippen molar-refractivity contribution in [2.75, 3.05) is 25.7 Å². The van der Waals surface area contributed by atoms with Gasteiger partial charge in [-0.05, 0) is 29.7 Å². The van der Waals surface area contributed by atoms with E-state index >= 15 is 0 Å². The molecule has 1 aliphatic rings. The number of aromatic nitrogens is 2. The van der Waals surface area contributed by atoms with E-state index in [-0.39, 0.29) is 11.9 Å². The highest BCUT2D eigenvalue weighted by atomic mass is 16.5. The third kappa shape index (κ3) is 4.07. The molecule has 1 aliphatic heterocycles. The molecule has 0 saturated heterocycles. The van der Waals surface area contributed by atoms with E-state index in [0.717, 1.165) is 22.6 Å². The Bertz CT molecular complexity index is 1020. The number of hydrogen-bond donors (Lipinski definition) is 0. The first-order valence-electron chi connectivity index (χ1n) is 10.0. The van der Waals surface area contributed by atoms with E-state index < -0.39 is 0 Å². The van der Waals surface area contributed by atoms with Crippen molar-refractivity contribution >= 4 is 11.6 Å². The van der Waals surface area contributed by atoms with Gasteiger partial charge in [-0.3, -0.25) is 9.69 Å². The number of para-hydroxylation sites is 2. The molecule has 0 bridgehead atoms. The minimum atomic E-state index is -0.295. The second-order valence-corrected chi connectivity index (χ2v) is 7.22. The molecule has 0 aliphatic carbocycles. The summed E-state index contributed by atoms with van der Waals surface area (Å²) in [6.45, 7) is 0.519. The molecule has 1 atom stereocenters. The number of ether oxygens (including phenoxy) is 2. The molecule has 1 amide bonds. The van der Waals surface area contributed by atoms with Crippen LogP contribution in [0.25, 0.3) is 0 Å². The van der Waals surface area contributed by atoms with Gasteiger partial charge in [-0.1, -0.05) is 41.6 Å². The van der Waals surface area contributed by atoms with Crippen LogP contribution in [0.3, 0.4) is 0 Å². The molecule has 7 heteroatoms. The van der Waals surface area contributed by atoms with Gasteiger partial charge in [0.15, 0.2) is 5.82 Å². The van der Waals surface area contributed by atoms with Gasteiger partial charge in [0.1, 0.15) is 11.8 Å². The standard InChI is InChI=1S/C23H25N3O4/c1-28-14-13-21-24-23(30-25-21)19-15-17-8-3-5-9-18(17)26(19)22(27)12-11-16-7-4-6-10-20(16)29-2/h3-10,19H,11-15H2,1-2H3. The van der Waals surface area contributed by atoms with Crippen molar-refractivity contribution in [2.45, 2.75) is 31.7 Å². The molecule has 156 valence electrons. The van der Waals surface area contributed by atoms with Gasteiger partial charge in [-0.2, -0.15) is 4.98 Å². The Kier molecular flexibility index (Phi) is 6.09. The number of carbonyl (C=O) groups is 1. The molecule has 7 nitrogen and oxygen atoms in total. The zero-order valence-electron chi connectivity index (χ0n) is 17.2. The monoisotopic (exact) mass is 407 g/mol. The molecule has 1 unspecified atom stereocenters. The topological polar surface area (TPSA) is 77.7 Å². The number of benzene rings is 2. The normalized spacial score (nSPS) is 15.3. The Labute approximate surface area is 175 Å². The first-order valence-corrected chi connectivity index (χ1v) is 10.0. The van der Waals surface area contributed by atoms with Crippen LogP contribution < -0.4 is 9.64 Å². The lowest BCUT2D eigenvalue weighted by Gasteiger charge is -2.23. The highest BCUT2D eigenvalue weighted by molar-refractivity contribution is 5.96. The van der Waals surface area contributed by atoms with Crippen molar-refractivity contribution in [3.63, 3.8) is 0 Å². The number of carbonyl (C=O) groups excluding carboxylic acids is 1. The summed E-state index contributed by atoms with van der Waals surface area (Å²) in [5, 5.41) is 4.05. The lowest BCUT2D eigenvalue weighted by atomic mass is 10.1. The van der Waals surface area contributed by atoms with Crippen LogP contribution >= 0.6 is 0 Å². The van der Waals surface area contributed by atoms with E-state index in [0.29, 0.717) is 44.0 Å². The molecule has 4 rings (SSSR count). The van der Waals surface area contributed by atoms with Crippen molar-refractivity contribution < 1.29 is 18.8 Å². The van der Waals surface area contributed by atoms with E-state index in [2.05, 4.69) is 10.1 Å². The maximum Gasteiger partial charge on any atom is 0.250 e. The molecule has 3 aromatic rings. The molecule has 1 aromatic heterocycles. The molecule has 2 aromatic carbocycles. The van der Waals surface area contributed by atoms with Crippen LogP contribution in [0.15, 0.2) is 53.1 Å². The van der Waals surface area contributed by atoms with Gasteiger partial charge in [0, 0.05) is 32.1 Å². The SMILES string of the molecule is COCCc1noc(C2Cc3ccccc3N2C(=O)CCc2ccccc2OC)n1. The second-order valence-electron chi connectivity index (χ2n) is 7.22. The van der Waals surface area contributed by atoms with Gasteiger partial charge in [0.25, 0.3) is 0 Å². The van der Waals surface area contributed by atoms with Gasteiger partial charge in [-0.15, -0.1) is 0 Å². The van der Waals surface area contributed by atoms with Crippen LogP contribution in [0.5, 0.6) is 5.75 Å². The predicted octanol–water partition coefficient (Wildman–Crippen LogP) is 3.53. The molecule has 0 saturated carbocycles. The molecular weight excluding hydrogens is 382 g/mol.